The first-order valence-electron chi connectivity index (χ1n) is 3.62. The van der Waals surface area contributed by atoms with Crippen molar-refractivity contribution >= 4 is 17.3 Å². The van der Waals surface area contributed by atoms with Crippen molar-refractivity contribution in [2.24, 2.45) is 0 Å². The van der Waals surface area contributed by atoms with E-state index in [0.717, 1.165) is 21.8 Å². The van der Waals surface area contributed by atoms with Gasteiger partial charge in [0.2, 0.25) is 0 Å². The third kappa shape index (κ3) is 2.66. The summed E-state index contributed by atoms with van der Waals surface area (Å²) in [6.45, 7) is 6.08. The van der Waals surface area contributed by atoms with E-state index in [0.29, 0.717) is 0 Å². The maximum Gasteiger partial charge on any atom is 0.132 e. The Hall–Kier alpha value is -0.640. The lowest BCUT2D eigenvalue weighted by molar-refractivity contribution is -0.255. The maximum atomic E-state index is 6.05. The first-order valence-corrected chi connectivity index (χ1v) is 4.00. The first-order chi connectivity index (χ1) is 5.04. The van der Waals surface area contributed by atoms with Crippen molar-refractivity contribution in [1.82, 2.24) is 0 Å². The van der Waals surface area contributed by atoms with Crippen LogP contribution in [-0.4, -0.2) is 5.48 Å². The Balaban J connectivity index is 0. The maximum absolute atomic E-state index is 6.05. The summed E-state index contributed by atoms with van der Waals surface area (Å²) in [5, 5.41) is 0.856. The Kier molecular flexibility index (Phi) is 5.91. The minimum absolute atomic E-state index is 0. The standard InChI is InChI=1S/C9H12ClN.FH.H2O/c1-5-4-8(11)7(3)9(10)6(5)2;;/h4H,11H2,1-3H3;1H;1H2. The van der Waals surface area contributed by atoms with Gasteiger partial charge in [-0.1, -0.05) is 11.6 Å². The average Bonchev–Trinajstić information content (AvgIpc) is 1.97. The van der Waals surface area contributed by atoms with Crippen LogP contribution in [0.1, 0.15) is 16.7 Å². The largest absolute Gasteiger partial charge is 1.00 e. The SMILES string of the molecule is Cc1cc([NH3+])c(C)c(Cl)c1C.O.[F-]. The summed E-state index contributed by atoms with van der Waals surface area (Å²) in [4.78, 5) is 0. The molecule has 0 saturated carbocycles. The van der Waals surface area contributed by atoms with Crippen molar-refractivity contribution in [2.75, 3.05) is 0 Å². The number of aryl methyl sites for hydroxylation is 1. The summed E-state index contributed by atoms with van der Waals surface area (Å²) < 4.78 is 0. The Morgan fingerprint density at radius 1 is 1.15 bits per heavy atom. The van der Waals surface area contributed by atoms with Gasteiger partial charge in [0, 0.05) is 11.6 Å². The predicted molar refractivity (Wildman–Crippen MR) is 51.8 cm³/mol. The number of hydrogen-bond donors (Lipinski definition) is 1. The van der Waals surface area contributed by atoms with Gasteiger partial charge in [0.25, 0.3) is 0 Å². The van der Waals surface area contributed by atoms with E-state index in [4.69, 9.17) is 11.6 Å². The zero-order chi connectivity index (χ0) is 8.59. The molecule has 0 aliphatic heterocycles. The third-order valence-electron chi connectivity index (χ3n) is 2.12. The van der Waals surface area contributed by atoms with Gasteiger partial charge in [-0.2, -0.15) is 0 Å². The molecular formula is C9H15ClFNO. The van der Waals surface area contributed by atoms with E-state index in [1.54, 1.807) is 0 Å². The molecule has 0 aliphatic rings. The lowest BCUT2D eigenvalue weighted by atomic mass is 10.1. The summed E-state index contributed by atoms with van der Waals surface area (Å²) in [5.74, 6) is 0. The highest BCUT2D eigenvalue weighted by Crippen LogP contribution is 2.26. The second kappa shape index (κ2) is 5.17. The van der Waals surface area contributed by atoms with Gasteiger partial charge < -0.3 is 15.9 Å². The van der Waals surface area contributed by atoms with Crippen LogP contribution >= 0.6 is 11.6 Å². The number of rotatable bonds is 0. The predicted octanol–water partition coefficient (Wildman–Crippen LogP) is -1.68. The molecule has 1 rings (SSSR count). The van der Waals surface area contributed by atoms with Crippen molar-refractivity contribution in [1.29, 1.82) is 0 Å². The van der Waals surface area contributed by atoms with E-state index in [-0.39, 0.29) is 10.2 Å². The van der Waals surface area contributed by atoms with Crippen LogP contribution < -0.4 is 10.4 Å². The van der Waals surface area contributed by atoms with Gasteiger partial charge >= 0.3 is 0 Å². The van der Waals surface area contributed by atoms with Crippen LogP contribution in [0.2, 0.25) is 5.02 Å². The van der Waals surface area contributed by atoms with Gasteiger partial charge in [0.05, 0.1) is 5.02 Å². The fourth-order valence-electron chi connectivity index (χ4n) is 1.07. The molecule has 5 N–H and O–H groups in total. The summed E-state index contributed by atoms with van der Waals surface area (Å²) >= 11 is 6.05. The van der Waals surface area contributed by atoms with E-state index in [2.05, 4.69) is 18.7 Å². The van der Waals surface area contributed by atoms with Crippen molar-refractivity contribution in [3.8, 4) is 0 Å². The Morgan fingerprint density at radius 2 is 1.62 bits per heavy atom. The van der Waals surface area contributed by atoms with Crippen LogP contribution in [0.15, 0.2) is 6.07 Å². The molecule has 13 heavy (non-hydrogen) atoms. The molecule has 0 amide bonds. The minimum atomic E-state index is 0. The third-order valence-corrected chi connectivity index (χ3v) is 2.69. The Bertz CT molecular complexity index is 276. The number of quaternary nitrogens is 1. The zero-order valence-corrected chi connectivity index (χ0v) is 8.80. The lowest BCUT2D eigenvalue weighted by Crippen LogP contribution is -3.00. The van der Waals surface area contributed by atoms with Crippen molar-refractivity contribution in [3.63, 3.8) is 0 Å². The highest BCUT2D eigenvalue weighted by atomic mass is 35.5. The van der Waals surface area contributed by atoms with E-state index in [9.17, 15) is 0 Å². The van der Waals surface area contributed by atoms with E-state index >= 15 is 0 Å². The summed E-state index contributed by atoms with van der Waals surface area (Å²) in [6.07, 6.45) is 0. The highest BCUT2D eigenvalue weighted by Gasteiger charge is 2.07. The molecule has 0 fully saturated rings. The Morgan fingerprint density at radius 3 is 2.08 bits per heavy atom. The molecule has 0 heterocycles. The molecular weight excluding hydrogens is 193 g/mol. The summed E-state index contributed by atoms with van der Waals surface area (Å²) in [5.41, 5.74) is 8.39. The van der Waals surface area contributed by atoms with Crippen LogP contribution in [0.25, 0.3) is 0 Å². The normalized spacial score (nSPS) is 8.69. The van der Waals surface area contributed by atoms with Gasteiger partial charge in [-0.05, 0) is 31.9 Å². The summed E-state index contributed by atoms with van der Waals surface area (Å²) in [7, 11) is 0. The molecule has 0 aromatic heterocycles. The topological polar surface area (TPSA) is 59.1 Å². The van der Waals surface area contributed by atoms with Crippen molar-refractivity contribution in [2.45, 2.75) is 20.8 Å². The van der Waals surface area contributed by atoms with E-state index in [1.165, 1.54) is 5.56 Å². The van der Waals surface area contributed by atoms with Crippen LogP contribution in [0.5, 0.6) is 0 Å². The quantitative estimate of drug-likeness (QED) is 0.529. The van der Waals surface area contributed by atoms with Gasteiger partial charge in [-0.15, -0.1) is 0 Å². The van der Waals surface area contributed by atoms with Crippen LogP contribution in [0, 0.1) is 20.8 Å². The molecule has 0 saturated heterocycles. The first kappa shape index (κ1) is 14.9. The molecule has 4 heteroatoms. The second-order valence-electron chi connectivity index (χ2n) is 2.92. The molecule has 0 aliphatic carbocycles. The molecule has 1 aromatic carbocycles. The van der Waals surface area contributed by atoms with E-state index in [1.807, 2.05) is 13.8 Å². The summed E-state index contributed by atoms with van der Waals surface area (Å²) in [6, 6.07) is 2.07. The minimum Gasteiger partial charge on any atom is -1.00 e. The monoisotopic (exact) mass is 207 g/mol. The highest BCUT2D eigenvalue weighted by molar-refractivity contribution is 6.32. The van der Waals surface area contributed by atoms with Gasteiger partial charge in [0.1, 0.15) is 5.69 Å². The molecule has 76 valence electrons. The van der Waals surface area contributed by atoms with Crippen LogP contribution in [0.3, 0.4) is 0 Å². The van der Waals surface area contributed by atoms with Gasteiger partial charge in [-0.25, -0.2) is 0 Å². The molecule has 0 atom stereocenters. The molecule has 0 unspecified atom stereocenters. The zero-order valence-electron chi connectivity index (χ0n) is 8.04. The fraction of sp³-hybridized carbons (Fsp3) is 0.333. The lowest BCUT2D eigenvalue weighted by Gasteiger charge is -2.06. The Labute approximate surface area is 82.4 Å². The molecule has 0 radical (unpaired) electrons. The molecule has 0 bridgehead atoms. The van der Waals surface area contributed by atoms with Gasteiger partial charge in [0.15, 0.2) is 0 Å². The second-order valence-corrected chi connectivity index (χ2v) is 3.29. The van der Waals surface area contributed by atoms with Crippen molar-refractivity contribution in [3.05, 3.63) is 27.8 Å². The van der Waals surface area contributed by atoms with Crippen LogP contribution in [0.4, 0.5) is 5.69 Å². The number of halogens is 2. The van der Waals surface area contributed by atoms with Crippen LogP contribution in [-0.2, 0) is 0 Å². The smallest absolute Gasteiger partial charge is 0.132 e. The molecule has 2 nitrogen and oxygen atoms in total. The molecule has 0 spiro atoms. The number of hydrogen-bond acceptors (Lipinski definition) is 0. The van der Waals surface area contributed by atoms with Crippen molar-refractivity contribution < 1.29 is 15.9 Å². The average molecular weight is 208 g/mol. The number of benzene rings is 1. The fourth-order valence-corrected chi connectivity index (χ4v) is 1.34. The molecule has 1 aromatic rings. The van der Waals surface area contributed by atoms with E-state index < -0.39 is 0 Å². The van der Waals surface area contributed by atoms with Gasteiger partial charge in [-0.3, -0.25) is 0 Å².